The summed E-state index contributed by atoms with van der Waals surface area (Å²) in [4.78, 5) is 0. The lowest BCUT2D eigenvalue weighted by Crippen LogP contribution is -2.11. The number of ether oxygens (including phenoxy) is 4. The fourth-order valence-corrected chi connectivity index (χ4v) is 2.99. The van der Waals surface area contributed by atoms with Crippen LogP contribution in [0.15, 0.2) is 59.1 Å². The van der Waals surface area contributed by atoms with E-state index in [2.05, 4.69) is 5.16 Å². The average molecular weight is 381 g/mol. The van der Waals surface area contributed by atoms with E-state index in [1.807, 2.05) is 54.6 Å². The van der Waals surface area contributed by atoms with Crippen molar-refractivity contribution in [3.8, 4) is 11.5 Å². The first-order valence-electron chi connectivity index (χ1n) is 9.40. The Morgan fingerprint density at radius 3 is 2.04 bits per heavy atom. The molecule has 2 aromatic carbocycles. The summed E-state index contributed by atoms with van der Waals surface area (Å²) in [5.74, 6) is 2.39. The van der Waals surface area contributed by atoms with Crippen molar-refractivity contribution < 1.29 is 23.5 Å². The van der Waals surface area contributed by atoms with Crippen LogP contribution in [0.1, 0.15) is 22.6 Å². The largest absolute Gasteiger partial charge is 0.490 e. The van der Waals surface area contributed by atoms with E-state index in [-0.39, 0.29) is 0 Å². The Labute approximate surface area is 164 Å². The lowest BCUT2D eigenvalue weighted by atomic mass is 10.2. The fourth-order valence-electron chi connectivity index (χ4n) is 2.99. The van der Waals surface area contributed by atoms with Gasteiger partial charge in [-0.3, -0.25) is 0 Å². The Morgan fingerprint density at radius 2 is 1.32 bits per heavy atom. The lowest BCUT2D eigenvalue weighted by Gasteiger charge is -2.14. The molecular formula is C22H23NO5. The molecule has 0 amide bonds. The number of nitrogens with zero attached hydrogens (tertiary/aromatic N) is 1. The standard InChI is InChI=1S/C22H23NO5/c1-3-7-21-17(5-1)14-24-10-9-20-13-19(23-28-20)16-25-15-18-6-2-4-8-22(18)27-12-11-26-21/h1-8,13H,9-12,14-16H2. The molecule has 0 fully saturated rings. The third-order valence-electron chi connectivity index (χ3n) is 4.41. The summed E-state index contributed by atoms with van der Waals surface area (Å²) in [5, 5.41) is 4.06. The van der Waals surface area contributed by atoms with Crippen molar-refractivity contribution in [2.45, 2.75) is 26.2 Å². The number of aromatic nitrogens is 1. The van der Waals surface area contributed by atoms with Crippen molar-refractivity contribution in [3.05, 3.63) is 77.2 Å². The van der Waals surface area contributed by atoms with Gasteiger partial charge in [0.25, 0.3) is 0 Å². The molecule has 146 valence electrons. The molecule has 2 bridgehead atoms. The van der Waals surface area contributed by atoms with Gasteiger partial charge in [0.2, 0.25) is 0 Å². The molecule has 1 aliphatic rings. The molecule has 2 heterocycles. The lowest BCUT2D eigenvalue weighted by molar-refractivity contribution is 0.0991. The number of para-hydroxylation sites is 2. The third kappa shape index (κ3) is 4.91. The minimum absolute atomic E-state index is 0.384. The van der Waals surface area contributed by atoms with Crippen LogP contribution in [0.2, 0.25) is 0 Å². The van der Waals surface area contributed by atoms with E-state index in [9.17, 15) is 0 Å². The smallest absolute Gasteiger partial charge is 0.139 e. The highest BCUT2D eigenvalue weighted by Crippen LogP contribution is 2.21. The average Bonchev–Trinajstić information content (AvgIpc) is 3.17. The summed E-state index contributed by atoms with van der Waals surface area (Å²) in [5.41, 5.74) is 2.77. The fraction of sp³-hybridized carbons (Fsp3) is 0.318. The Morgan fingerprint density at radius 1 is 0.679 bits per heavy atom. The van der Waals surface area contributed by atoms with Crippen LogP contribution in [0.3, 0.4) is 0 Å². The van der Waals surface area contributed by atoms with E-state index in [1.54, 1.807) is 0 Å². The predicted molar refractivity (Wildman–Crippen MR) is 102 cm³/mol. The van der Waals surface area contributed by atoms with Crippen molar-refractivity contribution in [2.24, 2.45) is 0 Å². The van der Waals surface area contributed by atoms with Crippen LogP contribution in [0, 0.1) is 0 Å². The molecule has 0 N–H and O–H groups in total. The highest BCUT2D eigenvalue weighted by atomic mass is 16.5. The van der Waals surface area contributed by atoms with Gasteiger partial charge in [0.15, 0.2) is 0 Å². The number of rotatable bonds is 0. The van der Waals surface area contributed by atoms with Gasteiger partial charge in [0.1, 0.15) is 36.2 Å². The number of benzene rings is 2. The molecule has 0 spiro atoms. The first kappa shape index (κ1) is 18.5. The van der Waals surface area contributed by atoms with Gasteiger partial charge in [0, 0.05) is 23.6 Å². The SMILES string of the molecule is c1ccc2c(c1)COCCc1cc(no1)COCc1ccccc1OCCO2. The minimum atomic E-state index is 0.384. The van der Waals surface area contributed by atoms with Crippen molar-refractivity contribution in [3.63, 3.8) is 0 Å². The maximum atomic E-state index is 5.91. The maximum absolute atomic E-state index is 5.91. The molecule has 0 radical (unpaired) electrons. The van der Waals surface area contributed by atoms with Gasteiger partial charge < -0.3 is 23.5 Å². The van der Waals surface area contributed by atoms with Gasteiger partial charge in [-0.2, -0.15) is 0 Å². The molecule has 3 aromatic rings. The topological polar surface area (TPSA) is 63.0 Å². The zero-order chi connectivity index (χ0) is 19.0. The monoisotopic (exact) mass is 381 g/mol. The minimum Gasteiger partial charge on any atom is -0.490 e. The molecule has 0 unspecified atom stereocenters. The van der Waals surface area contributed by atoms with Crippen LogP contribution in [-0.4, -0.2) is 25.0 Å². The van der Waals surface area contributed by atoms with Gasteiger partial charge >= 0.3 is 0 Å². The Balaban J connectivity index is 1.49. The molecule has 0 saturated carbocycles. The molecular weight excluding hydrogens is 358 g/mol. The molecule has 0 aliphatic carbocycles. The first-order valence-corrected chi connectivity index (χ1v) is 9.40. The Kier molecular flexibility index (Phi) is 6.22. The van der Waals surface area contributed by atoms with E-state index in [0.717, 1.165) is 34.1 Å². The zero-order valence-corrected chi connectivity index (χ0v) is 15.6. The molecule has 6 heteroatoms. The van der Waals surface area contributed by atoms with E-state index < -0.39 is 0 Å². The molecule has 4 rings (SSSR count). The Hall–Kier alpha value is -2.83. The van der Waals surface area contributed by atoms with Gasteiger partial charge in [-0.05, 0) is 12.1 Å². The second-order valence-electron chi connectivity index (χ2n) is 6.49. The molecule has 28 heavy (non-hydrogen) atoms. The highest BCUT2D eigenvalue weighted by molar-refractivity contribution is 5.33. The summed E-state index contributed by atoms with van der Waals surface area (Å²) in [6, 6.07) is 17.6. The first-order chi connectivity index (χ1) is 13.9. The quantitative estimate of drug-likeness (QED) is 0.588. The number of hydrogen-bond acceptors (Lipinski definition) is 6. The van der Waals surface area contributed by atoms with Crippen LogP contribution in [0.5, 0.6) is 11.5 Å². The van der Waals surface area contributed by atoms with Crippen LogP contribution >= 0.6 is 0 Å². The van der Waals surface area contributed by atoms with Gasteiger partial charge in [-0.15, -0.1) is 0 Å². The van der Waals surface area contributed by atoms with Crippen LogP contribution in [0.4, 0.5) is 0 Å². The van der Waals surface area contributed by atoms with Crippen molar-refractivity contribution in [1.29, 1.82) is 0 Å². The summed E-state index contributed by atoms with van der Waals surface area (Å²) < 4.78 is 28.7. The second kappa shape index (κ2) is 9.39. The van der Waals surface area contributed by atoms with E-state index >= 15 is 0 Å². The molecule has 0 atom stereocenters. The van der Waals surface area contributed by atoms with Gasteiger partial charge in [-0.1, -0.05) is 41.6 Å². The maximum Gasteiger partial charge on any atom is 0.139 e. The third-order valence-corrected chi connectivity index (χ3v) is 4.41. The van der Waals surface area contributed by atoms with Crippen LogP contribution in [-0.2, 0) is 35.7 Å². The molecule has 6 nitrogen and oxygen atoms in total. The van der Waals surface area contributed by atoms with E-state index in [1.165, 1.54) is 0 Å². The number of fused-ring (bicyclic) bond motifs is 4. The molecule has 1 aromatic heterocycles. The highest BCUT2D eigenvalue weighted by Gasteiger charge is 2.09. The summed E-state index contributed by atoms with van der Waals surface area (Å²) >= 11 is 0. The summed E-state index contributed by atoms with van der Waals surface area (Å²) in [6.07, 6.45) is 0.659. The van der Waals surface area contributed by atoms with Crippen molar-refractivity contribution >= 4 is 0 Å². The second-order valence-corrected chi connectivity index (χ2v) is 6.49. The van der Waals surface area contributed by atoms with Crippen LogP contribution < -0.4 is 9.47 Å². The predicted octanol–water partition coefficient (Wildman–Crippen LogP) is 3.92. The molecule has 1 aliphatic heterocycles. The summed E-state index contributed by atoms with van der Waals surface area (Å²) in [7, 11) is 0. The normalized spacial score (nSPS) is 15.9. The Bertz CT molecular complexity index is 892. The van der Waals surface area contributed by atoms with Gasteiger partial charge in [-0.25, -0.2) is 0 Å². The zero-order valence-electron chi connectivity index (χ0n) is 15.6. The van der Waals surface area contributed by atoms with Crippen molar-refractivity contribution in [1.82, 2.24) is 5.16 Å². The summed E-state index contributed by atoms with van der Waals surface area (Å²) in [6.45, 7) is 2.73. The van der Waals surface area contributed by atoms with E-state index in [4.69, 9.17) is 23.5 Å². The number of hydrogen-bond donors (Lipinski definition) is 0. The van der Waals surface area contributed by atoms with Crippen molar-refractivity contribution in [2.75, 3.05) is 19.8 Å². The van der Waals surface area contributed by atoms with E-state index in [0.29, 0.717) is 46.1 Å². The van der Waals surface area contributed by atoms with Gasteiger partial charge in [0.05, 0.1) is 26.4 Å². The van der Waals surface area contributed by atoms with Crippen LogP contribution in [0.25, 0.3) is 0 Å². The molecule has 0 saturated heterocycles.